The molecule has 1 saturated carbocycles. The highest BCUT2D eigenvalue weighted by Gasteiger charge is 2.31. The molecule has 0 bridgehead atoms. The highest BCUT2D eigenvalue weighted by Crippen LogP contribution is 2.25. The lowest BCUT2D eigenvalue weighted by Gasteiger charge is -2.37. The average Bonchev–Trinajstić information content (AvgIpc) is 2.67. The maximum Gasteiger partial charge on any atom is 0.227 e. The van der Waals surface area contributed by atoms with Crippen LogP contribution in [-0.4, -0.2) is 60.9 Å². The molecule has 1 aromatic carbocycles. The van der Waals surface area contributed by atoms with Crippen LogP contribution in [0.15, 0.2) is 24.3 Å². The molecule has 1 aromatic rings. The summed E-state index contributed by atoms with van der Waals surface area (Å²) in [5.41, 5.74) is 6.96. The molecule has 1 aliphatic heterocycles. The van der Waals surface area contributed by atoms with Gasteiger partial charge in [0.05, 0.1) is 13.5 Å². The zero-order valence-corrected chi connectivity index (χ0v) is 15.5. The maximum absolute atomic E-state index is 12.7. The Morgan fingerprint density at radius 1 is 1.15 bits per heavy atom. The molecule has 2 amide bonds. The quantitative estimate of drug-likeness (QED) is 0.882. The van der Waals surface area contributed by atoms with Gasteiger partial charge in [0.2, 0.25) is 11.8 Å². The van der Waals surface area contributed by atoms with Gasteiger partial charge < -0.3 is 20.3 Å². The van der Waals surface area contributed by atoms with E-state index in [1.54, 1.807) is 7.11 Å². The van der Waals surface area contributed by atoms with Crippen LogP contribution >= 0.6 is 0 Å². The second kappa shape index (κ2) is 8.54. The Kier molecular flexibility index (Phi) is 6.14. The molecule has 0 aromatic heterocycles. The van der Waals surface area contributed by atoms with Crippen molar-refractivity contribution in [1.29, 1.82) is 0 Å². The van der Waals surface area contributed by atoms with Crippen LogP contribution < -0.4 is 10.5 Å². The standard InChI is InChI=1S/C20H29N3O3/c1-26-18-7-2-4-15(12-18)13-19(24)22-8-10-23(11-9-22)20(25)16-5-3-6-17(21)14-16/h2,4,7,12,16-17H,3,5-6,8-11,13-14,21H2,1H3. The van der Waals surface area contributed by atoms with Crippen molar-refractivity contribution >= 4 is 11.8 Å². The number of methoxy groups -OCH3 is 1. The predicted molar refractivity (Wildman–Crippen MR) is 99.8 cm³/mol. The summed E-state index contributed by atoms with van der Waals surface area (Å²) in [4.78, 5) is 29.0. The minimum absolute atomic E-state index is 0.0674. The highest BCUT2D eigenvalue weighted by atomic mass is 16.5. The van der Waals surface area contributed by atoms with Gasteiger partial charge >= 0.3 is 0 Å². The molecule has 2 N–H and O–H groups in total. The molecule has 2 fully saturated rings. The lowest BCUT2D eigenvalue weighted by molar-refractivity contribution is -0.142. The van der Waals surface area contributed by atoms with Crippen LogP contribution in [0.25, 0.3) is 0 Å². The minimum Gasteiger partial charge on any atom is -0.497 e. The van der Waals surface area contributed by atoms with Crippen LogP contribution in [0.4, 0.5) is 0 Å². The molecule has 0 radical (unpaired) electrons. The van der Waals surface area contributed by atoms with Gasteiger partial charge in [-0.05, 0) is 37.0 Å². The summed E-state index contributed by atoms with van der Waals surface area (Å²) in [6.07, 6.45) is 4.17. The molecule has 2 aliphatic rings. The Bertz CT molecular complexity index is 641. The first-order chi connectivity index (χ1) is 12.6. The van der Waals surface area contributed by atoms with Crippen LogP contribution in [-0.2, 0) is 16.0 Å². The molecule has 0 spiro atoms. The van der Waals surface area contributed by atoms with Crippen LogP contribution in [0.1, 0.15) is 31.2 Å². The Morgan fingerprint density at radius 3 is 2.58 bits per heavy atom. The maximum atomic E-state index is 12.7. The number of piperazine rings is 1. The SMILES string of the molecule is COc1cccc(CC(=O)N2CCN(C(=O)C3CCCC(N)C3)CC2)c1. The van der Waals surface area contributed by atoms with E-state index in [2.05, 4.69) is 0 Å². The smallest absolute Gasteiger partial charge is 0.227 e. The van der Waals surface area contributed by atoms with E-state index in [9.17, 15) is 9.59 Å². The van der Waals surface area contributed by atoms with Crippen molar-refractivity contribution in [1.82, 2.24) is 9.80 Å². The Morgan fingerprint density at radius 2 is 1.88 bits per heavy atom. The van der Waals surface area contributed by atoms with E-state index in [1.165, 1.54) is 0 Å². The molecule has 2 unspecified atom stereocenters. The van der Waals surface area contributed by atoms with Gasteiger partial charge in [0.1, 0.15) is 5.75 Å². The number of carbonyl (C=O) groups excluding carboxylic acids is 2. The molecule has 1 saturated heterocycles. The van der Waals surface area contributed by atoms with Crippen LogP contribution in [0.2, 0.25) is 0 Å². The number of ether oxygens (including phenoxy) is 1. The van der Waals surface area contributed by atoms with E-state index >= 15 is 0 Å². The lowest BCUT2D eigenvalue weighted by atomic mass is 9.85. The first-order valence-corrected chi connectivity index (χ1v) is 9.52. The van der Waals surface area contributed by atoms with Crippen LogP contribution in [0, 0.1) is 5.92 Å². The van der Waals surface area contributed by atoms with Crippen molar-refractivity contribution in [2.75, 3.05) is 33.3 Å². The van der Waals surface area contributed by atoms with Gasteiger partial charge in [-0.3, -0.25) is 9.59 Å². The topological polar surface area (TPSA) is 75.9 Å². The summed E-state index contributed by atoms with van der Waals surface area (Å²) in [7, 11) is 1.62. The molecular formula is C20H29N3O3. The van der Waals surface area contributed by atoms with Crippen molar-refractivity contribution in [3.63, 3.8) is 0 Å². The fourth-order valence-electron chi connectivity index (χ4n) is 3.96. The Balaban J connectivity index is 1.49. The third kappa shape index (κ3) is 4.55. The number of benzene rings is 1. The highest BCUT2D eigenvalue weighted by molar-refractivity contribution is 5.81. The van der Waals surface area contributed by atoms with Gasteiger partial charge in [-0.2, -0.15) is 0 Å². The Labute approximate surface area is 155 Å². The van der Waals surface area contributed by atoms with Gasteiger partial charge in [-0.15, -0.1) is 0 Å². The zero-order valence-electron chi connectivity index (χ0n) is 15.5. The summed E-state index contributed by atoms with van der Waals surface area (Å²) < 4.78 is 5.21. The summed E-state index contributed by atoms with van der Waals surface area (Å²) in [6, 6.07) is 7.75. The largest absolute Gasteiger partial charge is 0.497 e. The van der Waals surface area contributed by atoms with Crippen molar-refractivity contribution in [2.45, 2.75) is 38.1 Å². The summed E-state index contributed by atoms with van der Waals surface area (Å²) >= 11 is 0. The molecule has 26 heavy (non-hydrogen) atoms. The number of nitrogens with two attached hydrogens (primary N) is 1. The van der Waals surface area contributed by atoms with E-state index < -0.39 is 0 Å². The van der Waals surface area contributed by atoms with Crippen LogP contribution in [0.3, 0.4) is 0 Å². The van der Waals surface area contributed by atoms with Gasteiger partial charge in [0.25, 0.3) is 0 Å². The van der Waals surface area contributed by atoms with E-state index in [0.717, 1.165) is 37.0 Å². The van der Waals surface area contributed by atoms with E-state index in [-0.39, 0.29) is 23.8 Å². The monoisotopic (exact) mass is 359 g/mol. The summed E-state index contributed by atoms with van der Waals surface area (Å²) in [6.45, 7) is 2.45. The number of hydrogen-bond acceptors (Lipinski definition) is 4. The second-order valence-electron chi connectivity index (χ2n) is 7.36. The molecule has 1 heterocycles. The Hall–Kier alpha value is -2.08. The van der Waals surface area contributed by atoms with Crippen molar-refractivity contribution in [3.8, 4) is 5.75 Å². The van der Waals surface area contributed by atoms with E-state index in [0.29, 0.717) is 32.6 Å². The van der Waals surface area contributed by atoms with Gasteiger partial charge in [0, 0.05) is 38.1 Å². The molecule has 2 atom stereocenters. The molecule has 1 aliphatic carbocycles. The third-order valence-electron chi connectivity index (χ3n) is 5.50. The number of amides is 2. The van der Waals surface area contributed by atoms with Gasteiger partial charge in [-0.25, -0.2) is 0 Å². The first-order valence-electron chi connectivity index (χ1n) is 9.52. The predicted octanol–water partition coefficient (Wildman–Crippen LogP) is 1.43. The number of nitrogens with zero attached hydrogens (tertiary/aromatic N) is 2. The van der Waals surface area contributed by atoms with Crippen molar-refractivity contribution in [3.05, 3.63) is 29.8 Å². The number of carbonyl (C=O) groups is 2. The minimum atomic E-state index is 0.0674. The van der Waals surface area contributed by atoms with Crippen molar-refractivity contribution in [2.24, 2.45) is 11.7 Å². The average molecular weight is 359 g/mol. The summed E-state index contributed by atoms with van der Waals surface area (Å²) in [5.74, 6) is 1.15. The van der Waals surface area contributed by atoms with E-state index in [1.807, 2.05) is 34.1 Å². The first kappa shape index (κ1) is 18.7. The fraction of sp³-hybridized carbons (Fsp3) is 0.600. The van der Waals surface area contributed by atoms with Crippen molar-refractivity contribution < 1.29 is 14.3 Å². The molecule has 142 valence electrons. The van der Waals surface area contributed by atoms with E-state index in [4.69, 9.17) is 10.5 Å². The van der Waals surface area contributed by atoms with Crippen LogP contribution in [0.5, 0.6) is 5.75 Å². The molecule has 6 heteroatoms. The summed E-state index contributed by atoms with van der Waals surface area (Å²) in [5, 5.41) is 0. The van der Waals surface area contributed by atoms with Gasteiger partial charge in [-0.1, -0.05) is 18.6 Å². The van der Waals surface area contributed by atoms with Gasteiger partial charge in [0.15, 0.2) is 0 Å². The fourth-order valence-corrected chi connectivity index (χ4v) is 3.96. The number of hydrogen-bond donors (Lipinski definition) is 1. The molecular weight excluding hydrogens is 330 g/mol. The molecule has 3 rings (SSSR count). The second-order valence-corrected chi connectivity index (χ2v) is 7.36. The lowest BCUT2D eigenvalue weighted by Crippen LogP contribution is -2.53. The third-order valence-corrected chi connectivity index (χ3v) is 5.50. The number of rotatable bonds is 4. The zero-order chi connectivity index (χ0) is 18.5. The molecule has 6 nitrogen and oxygen atoms in total. The normalized spacial score (nSPS) is 23.6.